The maximum atomic E-state index is 12.4. The quantitative estimate of drug-likeness (QED) is 0.811. The molecule has 6 heteroatoms. The van der Waals surface area contributed by atoms with Gasteiger partial charge in [-0.25, -0.2) is 0 Å². The highest BCUT2D eigenvalue weighted by Gasteiger charge is 2.09. The first-order chi connectivity index (χ1) is 11.0. The van der Waals surface area contributed by atoms with Gasteiger partial charge in [0.25, 0.3) is 5.91 Å². The lowest BCUT2D eigenvalue weighted by Crippen LogP contribution is -2.21. The van der Waals surface area contributed by atoms with Crippen LogP contribution in [0.5, 0.6) is 0 Å². The van der Waals surface area contributed by atoms with E-state index in [1.54, 1.807) is 18.5 Å². The number of anilines is 2. The molecule has 0 atom stereocenters. The summed E-state index contributed by atoms with van der Waals surface area (Å²) in [6.45, 7) is 3.71. The van der Waals surface area contributed by atoms with Crippen molar-refractivity contribution in [2.45, 2.75) is 6.92 Å². The van der Waals surface area contributed by atoms with Crippen molar-refractivity contribution in [3.8, 4) is 0 Å². The summed E-state index contributed by atoms with van der Waals surface area (Å²) in [4.78, 5) is 18.6. The summed E-state index contributed by atoms with van der Waals surface area (Å²) >= 11 is 3.46. The smallest absolute Gasteiger partial charge is 0.257 e. The molecule has 5 nitrogen and oxygen atoms in total. The summed E-state index contributed by atoms with van der Waals surface area (Å²) in [6.07, 6.45) is 3.28. The second kappa shape index (κ2) is 8.08. The van der Waals surface area contributed by atoms with Crippen LogP contribution in [-0.2, 0) is 0 Å². The molecule has 0 radical (unpaired) electrons. The van der Waals surface area contributed by atoms with E-state index in [1.165, 1.54) is 0 Å². The van der Waals surface area contributed by atoms with Crippen LogP contribution in [0.15, 0.2) is 41.1 Å². The summed E-state index contributed by atoms with van der Waals surface area (Å²) < 4.78 is 0.860. The molecule has 0 aliphatic carbocycles. The summed E-state index contributed by atoms with van der Waals surface area (Å²) in [6, 6.07) is 7.61. The molecule has 23 heavy (non-hydrogen) atoms. The van der Waals surface area contributed by atoms with Crippen LogP contribution in [0.2, 0.25) is 0 Å². The monoisotopic (exact) mass is 376 g/mol. The Labute approximate surface area is 145 Å². The Balaban J connectivity index is 2.04. The Morgan fingerprint density at radius 1 is 1.26 bits per heavy atom. The van der Waals surface area contributed by atoms with Crippen molar-refractivity contribution in [1.82, 2.24) is 9.88 Å². The maximum Gasteiger partial charge on any atom is 0.257 e. The van der Waals surface area contributed by atoms with Crippen molar-refractivity contribution in [1.29, 1.82) is 0 Å². The highest BCUT2D eigenvalue weighted by Crippen LogP contribution is 2.24. The Bertz CT molecular complexity index is 688. The van der Waals surface area contributed by atoms with Gasteiger partial charge in [0.2, 0.25) is 0 Å². The number of rotatable bonds is 6. The molecule has 0 aliphatic rings. The average Bonchev–Trinajstić information content (AvgIpc) is 2.50. The number of aromatic nitrogens is 1. The highest BCUT2D eigenvalue weighted by atomic mass is 79.9. The minimum absolute atomic E-state index is 0.182. The topological polar surface area (TPSA) is 57.3 Å². The third-order valence-electron chi connectivity index (χ3n) is 3.26. The van der Waals surface area contributed by atoms with Crippen LogP contribution >= 0.6 is 15.9 Å². The maximum absolute atomic E-state index is 12.4. The van der Waals surface area contributed by atoms with Crippen LogP contribution in [-0.4, -0.2) is 43.0 Å². The number of carbonyl (C=O) groups excluding carboxylic acids is 1. The van der Waals surface area contributed by atoms with E-state index in [0.29, 0.717) is 5.56 Å². The van der Waals surface area contributed by atoms with Gasteiger partial charge in [-0.3, -0.25) is 9.78 Å². The number of nitrogens with zero attached hydrogens (tertiary/aromatic N) is 2. The van der Waals surface area contributed by atoms with E-state index in [1.807, 2.05) is 39.2 Å². The number of amides is 1. The predicted molar refractivity (Wildman–Crippen MR) is 98.1 cm³/mol. The third-order valence-corrected chi connectivity index (χ3v) is 3.92. The third kappa shape index (κ3) is 5.33. The molecule has 0 unspecified atom stereocenters. The van der Waals surface area contributed by atoms with E-state index in [0.717, 1.165) is 34.5 Å². The molecule has 0 fully saturated rings. The number of pyridine rings is 1. The molecule has 1 heterocycles. The number of aryl methyl sites for hydroxylation is 1. The van der Waals surface area contributed by atoms with Gasteiger partial charge in [0.15, 0.2) is 0 Å². The number of benzene rings is 1. The van der Waals surface area contributed by atoms with E-state index < -0.39 is 0 Å². The summed E-state index contributed by atoms with van der Waals surface area (Å²) in [5, 5.41) is 6.15. The Morgan fingerprint density at radius 3 is 2.74 bits per heavy atom. The molecule has 0 saturated carbocycles. The van der Waals surface area contributed by atoms with Crippen LogP contribution in [0.3, 0.4) is 0 Å². The van der Waals surface area contributed by atoms with Gasteiger partial charge in [-0.05, 0) is 60.7 Å². The Morgan fingerprint density at radius 2 is 2.04 bits per heavy atom. The molecule has 122 valence electrons. The molecule has 2 aromatic rings. The van der Waals surface area contributed by atoms with Crippen LogP contribution in [0.25, 0.3) is 0 Å². The zero-order chi connectivity index (χ0) is 16.8. The molecule has 1 amide bonds. The van der Waals surface area contributed by atoms with Crippen LogP contribution in [0, 0.1) is 6.92 Å². The number of carbonyl (C=O) groups is 1. The second-order valence-corrected chi connectivity index (χ2v) is 6.48. The molecule has 2 N–H and O–H groups in total. The highest BCUT2D eigenvalue weighted by molar-refractivity contribution is 9.10. The number of likely N-dealkylation sites (N-methyl/N-ethyl adjacent to an activating group) is 1. The van der Waals surface area contributed by atoms with E-state index in [2.05, 4.69) is 36.4 Å². The number of halogens is 1. The molecule has 1 aromatic heterocycles. The minimum atomic E-state index is -0.182. The zero-order valence-electron chi connectivity index (χ0n) is 13.6. The van der Waals surface area contributed by atoms with Crippen LogP contribution in [0.1, 0.15) is 15.9 Å². The summed E-state index contributed by atoms with van der Waals surface area (Å²) in [5.41, 5.74) is 3.23. The van der Waals surface area contributed by atoms with Gasteiger partial charge in [-0.15, -0.1) is 0 Å². The fourth-order valence-electron chi connectivity index (χ4n) is 2.00. The first-order valence-electron chi connectivity index (χ1n) is 7.37. The minimum Gasteiger partial charge on any atom is -0.382 e. The van der Waals surface area contributed by atoms with Gasteiger partial charge >= 0.3 is 0 Å². The molecular formula is C17H21BrN4O. The van der Waals surface area contributed by atoms with Gasteiger partial charge in [0.05, 0.1) is 16.9 Å². The van der Waals surface area contributed by atoms with Gasteiger partial charge in [-0.2, -0.15) is 0 Å². The van der Waals surface area contributed by atoms with Crippen molar-refractivity contribution in [2.75, 3.05) is 37.8 Å². The lowest BCUT2D eigenvalue weighted by molar-refractivity contribution is 0.102. The number of hydrogen-bond donors (Lipinski definition) is 2. The molecule has 0 spiro atoms. The number of nitrogens with one attached hydrogen (secondary N) is 2. The van der Waals surface area contributed by atoms with E-state index in [4.69, 9.17) is 0 Å². The average molecular weight is 377 g/mol. The van der Waals surface area contributed by atoms with Crippen molar-refractivity contribution in [3.63, 3.8) is 0 Å². The fourth-order valence-corrected chi connectivity index (χ4v) is 2.59. The lowest BCUT2D eigenvalue weighted by Gasteiger charge is -2.12. The largest absolute Gasteiger partial charge is 0.382 e. The second-order valence-electron chi connectivity index (χ2n) is 5.63. The SMILES string of the molecule is Cc1ccc(NC(=O)c2cncc(NCCN(C)C)c2)c(Br)c1. The molecule has 0 aliphatic heterocycles. The molecule has 0 saturated heterocycles. The van der Waals surface area contributed by atoms with Crippen molar-refractivity contribution in [2.24, 2.45) is 0 Å². The molecule has 0 bridgehead atoms. The first kappa shape index (κ1) is 17.4. The molecular weight excluding hydrogens is 356 g/mol. The van der Waals surface area contributed by atoms with Crippen molar-refractivity contribution in [3.05, 3.63) is 52.3 Å². The fraction of sp³-hybridized carbons (Fsp3) is 0.294. The van der Waals surface area contributed by atoms with Crippen molar-refractivity contribution >= 4 is 33.2 Å². The predicted octanol–water partition coefficient (Wildman–Crippen LogP) is 3.38. The number of hydrogen-bond acceptors (Lipinski definition) is 4. The zero-order valence-corrected chi connectivity index (χ0v) is 15.1. The molecule has 1 aromatic carbocycles. The standard InChI is InChI=1S/C17H21BrN4O/c1-12-4-5-16(15(18)8-12)21-17(23)13-9-14(11-19-10-13)20-6-7-22(2)3/h4-5,8-11,20H,6-7H2,1-3H3,(H,21,23). The van der Waals surface area contributed by atoms with Gasteiger partial charge in [-0.1, -0.05) is 6.07 Å². The van der Waals surface area contributed by atoms with Crippen molar-refractivity contribution < 1.29 is 4.79 Å². The summed E-state index contributed by atoms with van der Waals surface area (Å²) in [5.74, 6) is -0.182. The molecule has 2 rings (SSSR count). The Hall–Kier alpha value is -1.92. The first-order valence-corrected chi connectivity index (χ1v) is 8.16. The van der Waals surface area contributed by atoms with Gasteiger partial charge < -0.3 is 15.5 Å². The van der Waals surface area contributed by atoms with E-state index >= 15 is 0 Å². The van der Waals surface area contributed by atoms with Gasteiger partial charge in [0.1, 0.15) is 0 Å². The lowest BCUT2D eigenvalue weighted by atomic mass is 10.2. The summed E-state index contributed by atoms with van der Waals surface area (Å²) in [7, 11) is 4.03. The Kier molecular flexibility index (Phi) is 6.12. The van der Waals surface area contributed by atoms with E-state index in [9.17, 15) is 4.79 Å². The van der Waals surface area contributed by atoms with Crippen LogP contribution in [0.4, 0.5) is 11.4 Å². The van der Waals surface area contributed by atoms with Crippen LogP contribution < -0.4 is 10.6 Å². The van der Waals surface area contributed by atoms with Gasteiger partial charge in [0, 0.05) is 30.0 Å². The normalized spacial score (nSPS) is 10.7. The van der Waals surface area contributed by atoms with E-state index in [-0.39, 0.29) is 5.91 Å².